The molecule has 2 heterocycles. The zero-order valence-electron chi connectivity index (χ0n) is 18.3. The largest absolute Gasteiger partial charge is 0.498 e. The van der Waals surface area contributed by atoms with Crippen LogP contribution in [0.3, 0.4) is 0 Å². The van der Waals surface area contributed by atoms with Gasteiger partial charge in [0, 0.05) is 17.7 Å². The summed E-state index contributed by atoms with van der Waals surface area (Å²) in [6, 6.07) is 6.61. The van der Waals surface area contributed by atoms with E-state index in [1.807, 2.05) is 0 Å². The molecule has 166 valence electrons. The topological polar surface area (TPSA) is 40.5 Å². The monoisotopic (exact) mass is 441 g/mol. The van der Waals surface area contributed by atoms with Gasteiger partial charge in [0.1, 0.15) is 17.5 Å². The highest BCUT2D eigenvalue weighted by Gasteiger charge is 2.52. The van der Waals surface area contributed by atoms with Gasteiger partial charge in [0.05, 0.1) is 22.3 Å². The average Bonchev–Trinajstić information content (AvgIpc) is 3.51. The van der Waals surface area contributed by atoms with Gasteiger partial charge in [-0.05, 0) is 75.6 Å². The van der Waals surface area contributed by atoms with Crippen molar-refractivity contribution in [2.24, 2.45) is 0 Å². The van der Waals surface area contributed by atoms with Crippen LogP contribution in [0.5, 0.6) is 0 Å². The van der Waals surface area contributed by atoms with Gasteiger partial charge in [-0.25, -0.2) is 13.2 Å². The van der Waals surface area contributed by atoms with Crippen molar-refractivity contribution >= 4 is 23.4 Å². The van der Waals surface area contributed by atoms with Gasteiger partial charge in [0.15, 0.2) is 0 Å². The number of pyridine rings is 1. The molecule has 0 spiro atoms. The summed E-state index contributed by atoms with van der Waals surface area (Å²) >= 11 is 0. The molecule has 1 saturated carbocycles. The second kappa shape index (κ2) is 6.96. The van der Waals surface area contributed by atoms with Crippen LogP contribution in [0.25, 0.3) is 16.5 Å². The number of fused-ring (bicyclic) bond motifs is 1. The SMILES string of the molecule is CC1(C)OB(c2cc(F)cc(-n3ccc4cc(C5CC5)cc(F)c4c3=O)c2F)OC1(C)C. The molecule has 0 radical (unpaired) electrons. The van der Waals surface area contributed by atoms with Crippen LogP contribution in [0, 0.1) is 17.5 Å². The van der Waals surface area contributed by atoms with E-state index in [1.54, 1.807) is 39.8 Å². The van der Waals surface area contributed by atoms with E-state index in [2.05, 4.69) is 0 Å². The van der Waals surface area contributed by atoms with Crippen molar-refractivity contribution in [1.82, 2.24) is 4.57 Å². The van der Waals surface area contributed by atoms with Crippen molar-refractivity contribution in [2.45, 2.75) is 57.7 Å². The number of rotatable bonds is 3. The molecule has 8 heteroatoms. The van der Waals surface area contributed by atoms with E-state index >= 15 is 4.39 Å². The lowest BCUT2D eigenvalue weighted by Gasteiger charge is -2.32. The molecule has 1 saturated heterocycles. The smallest absolute Gasteiger partial charge is 0.399 e. The number of aromatic nitrogens is 1. The fourth-order valence-corrected chi connectivity index (χ4v) is 4.10. The summed E-state index contributed by atoms with van der Waals surface area (Å²) in [5.41, 5.74) is -1.89. The molecule has 32 heavy (non-hydrogen) atoms. The average molecular weight is 441 g/mol. The van der Waals surface area contributed by atoms with Gasteiger partial charge in [-0.15, -0.1) is 0 Å². The Balaban J connectivity index is 1.64. The van der Waals surface area contributed by atoms with Crippen LogP contribution in [0.15, 0.2) is 41.3 Å². The second-order valence-electron chi connectivity index (χ2n) is 9.65. The van der Waals surface area contributed by atoms with Gasteiger partial charge >= 0.3 is 7.12 Å². The molecule has 3 aromatic rings. The molecule has 1 aromatic heterocycles. The van der Waals surface area contributed by atoms with E-state index in [9.17, 15) is 13.6 Å². The van der Waals surface area contributed by atoms with Crippen LogP contribution in [-0.2, 0) is 9.31 Å². The number of nitrogens with zero attached hydrogens (tertiary/aromatic N) is 1. The summed E-state index contributed by atoms with van der Waals surface area (Å²) in [6.07, 6.45) is 3.34. The van der Waals surface area contributed by atoms with Gasteiger partial charge in [-0.2, -0.15) is 0 Å². The first-order chi connectivity index (χ1) is 15.0. The first kappa shape index (κ1) is 21.3. The van der Waals surface area contributed by atoms with E-state index in [-0.39, 0.29) is 16.5 Å². The fourth-order valence-electron chi connectivity index (χ4n) is 4.10. The van der Waals surface area contributed by atoms with Gasteiger partial charge in [0.2, 0.25) is 0 Å². The van der Waals surface area contributed by atoms with E-state index < -0.39 is 41.3 Å². The Labute approximate surface area is 184 Å². The Bertz CT molecular complexity index is 1300. The minimum absolute atomic E-state index is 0.155. The predicted octanol–water partition coefficient (Wildman–Crippen LogP) is 4.58. The van der Waals surface area contributed by atoms with Crippen LogP contribution < -0.4 is 11.0 Å². The van der Waals surface area contributed by atoms with E-state index in [4.69, 9.17) is 9.31 Å². The minimum Gasteiger partial charge on any atom is -0.399 e. The molecule has 0 amide bonds. The molecule has 0 N–H and O–H groups in total. The highest BCUT2D eigenvalue weighted by molar-refractivity contribution is 6.62. The Hall–Kier alpha value is -2.58. The standard InChI is InChI=1S/C24H23BF3NO3/c1-23(2)24(3,4)32-25(31-23)17-11-16(26)12-19(21(17)28)29-8-7-14-9-15(13-5-6-13)10-18(27)20(14)22(29)30/h7-13H,5-6H2,1-4H3. The molecule has 4 nitrogen and oxygen atoms in total. The third-order valence-corrected chi connectivity index (χ3v) is 6.84. The maximum absolute atomic E-state index is 15.6. The quantitative estimate of drug-likeness (QED) is 0.559. The third kappa shape index (κ3) is 3.28. The van der Waals surface area contributed by atoms with Crippen molar-refractivity contribution in [3.8, 4) is 5.69 Å². The summed E-state index contributed by atoms with van der Waals surface area (Å²) in [4.78, 5) is 13.1. The van der Waals surface area contributed by atoms with Crippen LogP contribution in [0.1, 0.15) is 52.0 Å². The zero-order chi connectivity index (χ0) is 23.0. The lowest BCUT2D eigenvalue weighted by Crippen LogP contribution is -2.41. The summed E-state index contributed by atoms with van der Waals surface area (Å²) in [7, 11) is -1.15. The molecular formula is C24H23BF3NO3. The predicted molar refractivity (Wildman–Crippen MR) is 117 cm³/mol. The van der Waals surface area contributed by atoms with Crippen molar-refractivity contribution in [2.75, 3.05) is 0 Å². The molecule has 5 rings (SSSR count). The van der Waals surface area contributed by atoms with Crippen molar-refractivity contribution in [1.29, 1.82) is 0 Å². The Kier molecular flexibility index (Phi) is 4.63. The normalized spacial score (nSPS) is 19.7. The maximum Gasteiger partial charge on any atom is 0.498 e. The summed E-state index contributed by atoms with van der Waals surface area (Å²) in [6.45, 7) is 7.21. The van der Waals surface area contributed by atoms with Crippen LogP contribution in [0.4, 0.5) is 13.2 Å². The van der Waals surface area contributed by atoms with Crippen molar-refractivity contribution < 1.29 is 22.5 Å². The Morgan fingerprint density at radius 2 is 1.66 bits per heavy atom. The summed E-state index contributed by atoms with van der Waals surface area (Å²) < 4.78 is 57.6. The first-order valence-electron chi connectivity index (χ1n) is 10.7. The van der Waals surface area contributed by atoms with Gasteiger partial charge < -0.3 is 9.31 Å². The van der Waals surface area contributed by atoms with Crippen LogP contribution in [-0.4, -0.2) is 22.9 Å². The second-order valence-corrected chi connectivity index (χ2v) is 9.65. The first-order valence-corrected chi connectivity index (χ1v) is 10.7. The van der Waals surface area contributed by atoms with E-state index in [0.717, 1.165) is 35.1 Å². The number of benzene rings is 2. The molecule has 2 aromatic carbocycles. The maximum atomic E-state index is 15.6. The highest BCUT2D eigenvalue weighted by atomic mass is 19.1. The third-order valence-electron chi connectivity index (χ3n) is 6.84. The van der Waals surface area contributed by atoms with Crippen LogP contribution >= 0.6 is 0 Å². The van der Waals surface area contributed by atoms with E-state index in [1.165, 1.54) is 12.3 Å². The highest BCUT2D eigenvalue weighted by Crippen LogP contribution is 2.41. The minimum atomic E-state index is -1.15. The van der Waals surface area contributed by atoms with Gasteiger partial charge in [0.25, 0.3) is 5.56 Å². The molecule has 0 atom stereocenters. The van der Waals surface area contributed by atoms with Crippen molar-refractivity contribution in [3.05, 3.63) is 69.9 Å². The molecule has 0 bridgehead atoms. The molecule has 0 unspecified atom stereocenters. The molecular weight excluding hydrogens is 418 g/mol. The van der Waals surface area contributed by atoms with Crippen LogP contribution in [0.2, 0.25) is 0 Å². The molecule has 1 aliphatic carbocycles. The summed E-state index contributed by atoms with van der Waals surface area (Å²) in [5.74, 6) is -1.96. The lowest BCUT2D eigenvalue weighted by atomic mass is 9.78. The van der Waals surface area contributed by atoms with Gasteiger partial charge in [-0.3, -0.25) is 9.36 Å². The molecule has 2 fully saturated rings. The van der Waals surface area contributed by atoms with Crippen molar-refractivity contribution in [3.63, 3.8) is 0 Å². The molecule has 2 aliphatic rings. The van der Waals surface area contributed by atoms with Gasteiger partial charge in [-0.1, -0.05) is 6.07 Å². The number of hydrogen-bond donors (Lipinski definition) is 0. The number of hydrogen-bond acceptors (Lipinski definition) is 3. The zero-order valence-corrected chi connectivity index (χ0v) is 18.3. The lowest BCUT2D eigenvalue weighted by molar-refractivity contribution is 0.00578. The fraction of sp³-hybridized carbons (Fsp3) is 0.375. The molecule has 1 aliphatic heterocycles. The Morgan fingerprint density at radius 3 is 2.28 bits per heavy atom. The van der Waals surface area contributed by atoms with E-state index in [0.29, 0.717) is 11.3 Å². The number of halogens is 3. The summed E-state index contributed by atoms with van der Waals surface area (Å²) in [5, 5.41) is 0.286. The Morgan fingerprint density at radius 1 is 1.00 bits per heavy atom.